The third-order valence-electron chi connectivity index (χ3n) is 4.91. The van der Waals surface area contributed by atoms with Crippen LogP contribution < -0.4 is 0 Å². The Labute approximate surface area is 163 Å². The Morgan fingerprint density at radius 3 is 2.41 bits per heavy atom. The highest BCUT2D eigenvalue weighted by atomic mass is 32.2. The molecule has 1 fully saturated rings. The molecule has 7 heteroatoms. The molecule has 0 aliphatic carbocycles. The number of nitriles is 1. The van der Waals surface area contributed by atoms with Crippen LogP contribution in [0.15, 0.2) is 58.8 Å². The van der Waals surface area contributed by atoms with Gasteiger partial charge in [0.05, 0.1) is 16.5 Å². The molecule has 0 unspecified atom stereocenters. The number of benzene rings is 2. The van der Waals surface area contributed by atoms with E-state index in [1.807, 2.05) is 6.07 Å². The molecule has 1 aliphatic heterocycles. The minimum Gasteiger partial charge on any atom is -0.296 e. The Morgan fingerprint density at radius 2 is 1.70 bits per heavy atom. The lowest BCUT2D eigenvalue weighted by atomic mass is 10.1. The number of sulfonamides is 1. The van der Waals surface area contributed by atoms with Crippen LogP contribution in [0.25, 0.3) is 10.1 Å². The van der Waals surface area contributed by atoms with Crippen molar-refractivity contribution in [2.24, 2.45) is 0 Å². The monoisotopic (exact) mass is 397 g/mol. The summed E-state index contributed by atoms with van der Waals surface area (Å²) in [6.07, 6.45) is 0. The van der Waals surface area contributed by atoms with Crippen LogP contribution in [-0.4, -0.2) is 43.8 Å². The number of thiophene rings is 1. The lowest BCUT2D eigenvalue weighted by molar-refractivity contribution is 0.182. The second-order valence-corrected chi connectivity index (χ2v) is 9.42. The van der Waals surface area contributed by atoms with E-state index < -0.39 is 10.0 Å². The molecule has 1 aliphatic rings. The smallest absolute Gasteiger partial charge is 0.243 e. The van der Waals surface area contributed by atoms with Gasteiger partial charge in [-0.3, -0.25) is 4.90 Å². The van der Waals surface area contributed by atoms with Gasteiger partial charge in [0.2, 0.25) is 10.0 Å². The molecule has 0 bridgehead atoms. The van der Waals surface area contributed by atoms with Crippen LogP contribution >= 0.6 is 11.3 Å². The Kier molecular flexibility index (Phi) is 4.98. The molecule has 0 saturated carbocycles. The average molecular weight is 398 g/mol. The molecule has 0 amide bonds. The third-order valence-corrected chi connectivity index (χ3v) is 7.83. The maximum Gasteiger partial charge on any atom is 0.243 e. The van der Waals surface area contributed by atoms with Crippen molar-refractivity contribution in [1.82, 2.24) is 9.21 Å². The summed E-state index contributed by atoms with van der Waals surface area (Å²) in [5, 5.41) is 12.4. The molecule has 0 spiro atoms. The highest BCUT2D eigenvalue weighted by Gasteiger charge is 2.28. The molecule has 2 aromatic carbocycles. The van der Waals surface area contributed by atoms with Crippen molar-refractivity contribution in [3.05, 3.63) is 65.0 Å². The summed E-state index contributed by atoms with van der Waals surface area (Å²) in [4.78, 5) is 2.55. The minimum absolute atomic E-state index is 0.249. The first kappa shape index (κ1) is 18.1. The molecular formula is C20H19N3O2S2. The minimum atomic E-state index is -3.51. The zero-order valence-corrected chi connectivity index (χ0v) is 16.3. The lowest BCUT2D eigenvalue weighted by Gasteiger charge is -2.33. The Hall–Kier alpha value is -2.24. The normalized spacial score (nSPS) is 16.4. The molecule has 5 nitrogen and oxygen atoms in total. The van der Waals surface area contributed by atoms with Crippen LogP contribution in [0.1, 0.15) is 11.1 Å². The van der Waals surface area contributed by atoms with Gasteiger partial charge in [-0.15, -0.1) is 11.3 Å². The van der Waals surface area contributed by atoms with E-state index in [2.05, 4.69) is 34.5 Å². The first-order chi connectivity index (χ1) is 13.1. The summed E-state index contributed by atoms with van der Waals surface area (Å²) in [5.74, 6) is 0. The summed E-state index contributed by atoms with van der Waals surface area (Å²) >= 11 is 1.75. The van der Waals surface area contributed by atoms with Gasteiger partial charge in [0.1, 0.15) is 0 Å². The van der Waals surface area contributed by atoms with E-state index in [0.717, 1.165) is 6.54 Å². The van der Waals surface area contributed by atoms with Gasteiger partial charge in [0.25, 0.3) is 0 Å². The van der Waals surface area contributed by atoms with Crippen LogP contribution in [0.2, 0.25) is 0 Å². The molecule has 0 radical (unpaired) electrons. The maximum absolute atomic E-state index is 12.8. The largest absolute Gasteiger partial charge is 0.296 e. The lowest BCUT2D eigenvalue weighted by Crippen LogP contribution is -2.48. The molecule has 3 aromatic rings. The van der Waals surface area contributed by atoms with Gasteiger partial charge in [-0.05, 0) is 46.7 Å². The molecule has 1 aromatic heterocycles. The molecular weight excluding hydrogens is 378 g/mol. The van der Waals surface area contributed by atoms with Crippen molar-refractivity contribution >= 4 is 31.4 Å². The summed E-state index contributed by atoms with van der Waals surface area (Å²) in [7, 11) is -3.51. The van der Waals surface area contributed by atoms with E-state index in [4.69, 9.17) is 5.26 Å². The Morgan fingerprint density at radius 1 is 1.00 bits per heavy atom. The second kappa shape index (κ2) is 7.41. The van der Waals surface area contributed by atoms with Crippen molar-refractivity contribution < 1.29 is 8.42 Å². The number of fused-ring (bicyclic) bond motifs is 1. The number of hydrogen-bond donors (Lipinski definition) is 0. The van der Waals surface area contributed by atoms with Gasteiger partial charge < -0.3 is 0 Å². The second-order valence-electron chi connectivity index (χ2n) is 6.57. The fourth-order valence-corrected chi connectivity index (χ4v) is 5.75. The van der Waals surface area contributed by atoms with Crippen LogP contribution in [0.3, 0.4) is 0 Å². The molecule has 0 atom stereocenters. The summed E-state index contributed by atoms with van der Waals surface area (Å²) in [6.45, 7) is 3.21. The molecule has 4 rings (SSSR count). The van der Waals surface area contributed by atoms with Crippen LogP contribution in [0, 0.1) is 11.3 Å². The summed E-state index contributed by atoms with van der Waals surface area (Å²) in [5.41, 5.74) is 1.76. The van der Waals surface area contributed by atoms with Gasteiger partial charge in [-0.2, -0.15) is 9.57 Å². The average Bonchev–Trinajstić information content (AvgIpc) is 3.11. The van der Waals surface area contributed by atoms with Crippen molar-refractivity contribution in [3.8, 4) is 6.07 Å². The molecule has 138 valence electrons. The molecule has 27 heavy (non-hydrogen) atoms. The third kappa shape index (κ3) is 3.62. The van der Waals surface area contributed by atoms with E-state index in [-0.39, 0.29) is 4.90 Å². The molecule has 2 heterocycles. The number of nitrogens with zero attached hydrogens (tertiary/aromatic N) is 3. The maximum atomic E-state index is 12.8. The zero-order chi connectivity index (χ0) is 18.9. The van der Waals surface area contributed by atoms with Gasteiger partial charge >= 0.3 is 0 Å². The Bertz CT molecular complexity index is 1090. The molecule has 1 saturated heterocycles. The van der Waals surface area contributed by atoms with Gasteiger partial charge in [0, 0.05) is 37.4 Å². The summed E-state index contributed by atoms with van der Waals surface area (Å²) < 4.78 is 28.4. The van der Waals surface area contributed by atoms with E-state index in [9.17, 15) is 8.42 Å². The standard InChI is InChI=1S/C20H19N3O2S2/c21-13-16-5-7-18(8-6-16)27(24,25)23-11-9-22(10-12-23)14-17-15-26-20-4-2-1-3-19(17)20/h1-8,15H,9-12,14H2. The van der Waals surface area contributed by atoms with Crippen molar-refractivity contribution in [3.63, 3.8) is 0 Å². The van der Waals surface area contributed by atoms with Gasteiger partial charge in [-0.25, -0.2) is 8.42 Å². The van der Waals surface area contributed by atoms with Crippen LogP contribution in [0.5, 0.6) is 0 Å². The van der Waals surface area contributed by atoms with E-state index in [1.165, 1.54) is 32.1 Å². The highest BCUT2D eigenvalue weighted by molar-refractivity contribution is 7.89. The van der Waals surface area contributed by atoms with Gasteiger partial charge in [-0.1, -0.05) is 18.2 Å². The van der Waals surface area contributed by atoms with Crippen LogP contribution in [-0.2, 0) is 16.6 Å². The fourth-order valence-electron chi connectivity index (χ4n) is 3.37. The Balaban J connectivity index is 1.43. The van der Waals surface area contributed by atoms with Crippen molar-refractivity contribution in [2.75, 3.05) is 26.2 Å². The van der Waals surface area contributed by atoms with Crippen LogP contribution in [0.4, 0.5) is 0 Å². The highest BCUT2D eigenvalue weighted by Crippen LogP contribution is 2.27. The van der Waals surface area contributed by atoms with Crippen molar-refractivity contribution in [2.45, 2.75) is 11.4 Å². The van der Waals surface area contributed by atoms with Crippen molar-refractivity contribution in [1.29, 1.82) is 5.26 Å². The quantitative estimate of drug-likeness (QED) is 0.678. The first-order valence-electron chi connectivity index (χ1n) is 8.76. The number of piperazine rings is 1. The zero-order valence-electron chi connectivity index (χ0n) is 14.7. The van der Waals surface area contributed by atoms with Gasteiger partial charge in [0.15, 0.2) is 0 Å². The topological polar surface area (TPSA) is 64.4 Å². The summed E-state index contributed by atoms with van der Waals surface area (Å²) in [6, 6.07) is 16.5. The predicted molar refractivity (Wildman–Crippen MR) is 107 cm³/mol. The molecule has 0 N–H and O–H groups in total. The fraction of sp³-hybridized carbons (Fsp3) is 0.250. The van der Waals surface area contributed by atoms with E-state index >= 15 is 0 Å². The van der Waals surface area contributed by atoms with E-state index in [1.54, 1.807) is 23.5 Å². The van der Waals surface area contributed by atoms with E-state index in [0.29, 0.717) is 31.7 Å². The first-order valence-corrected chi connectivity index (χ1v) is 11.1. The number of hydrogen-bond acceptors (Lipinski definition) is 5. The number of rotatable bonds is 4. The predicted octanol–water partition coefficient (Wildman–Crippen LogP) is 3.28. The SMILES string of the molecule is N#Cc1ccc(S(=O)(=O)N2CCN(Cc3csc4ccccc34)CC2)cc1.